The molecule has 0 radical (unpaired) electrons. The summed E-state index contributed by atoms with van der Waals surface area (Å²) in [4.78, 5) is 4.05. The number of anilines is 1. The third kappa shape index (κ3) is 3.25. The maximum Gasteiger partial charge on any atom is 0.150 e. The third-order valence-electron chi connectivity index (χ3n) is 4.39. The molecule has 1 unspecified atom stereocenters. The van der Waals surface area contributed by atoms with Crippen LogP contribution in [0, 0.1) is 5.82 Å². The van der Waals surface area contributed by atoms with Gasteiger partial charge >= 0.3 is 0 Å². The molecule has 4 rings (SSSR count). The van der Waals surface area contributed by atoms with Crippen molar-refractivity contribution in [2.45, 2.75) is 25.5 Å². The number of aromatic nitrogens is 3. The molecule has 0 amide bonds. The van der Waals surface area contributed by atoms with Crippen LogP contribution in [-0.4, -0.2) is 21.4 Å². The second-order valence-corrected chi connectivity index (χ2v) is 6.17. The number of nitrogens with zero attached hydrogens (tertiary/aromatic N) is 3. The summed E-state index contributed by atoms with van der Waals surface area (Å²) in [5.41, 5.74) is 9.32. The smallest absolute Gasteiger partial charge is 0.150 e. The first-order valence-electron chi connectivity index (χ1n) is 8.39. The van der Waals surface area contributed by atoms with Crippen molar-refractivity contribution in [3.63, 3.8) is 0 Å². The molecule has 1 aliphatic rings. The first-order valence-corrected chi connectivity index (χ1v) is 8.39. The van der Waals surface area contributed by atoms with Gasteiger partial charge in [-0.25, -0.2) is 14.1 Å². The number of pyridine rings is 1. The van der Waals surface area contributed by atoms with Crippen molar-refractivity contribution in [1.82, 2.24) is 14.8 Å². The lowest BCUT2D eigenvalue weighted by molar-refractivity contribution is -0.0393. The Balaban J connectivity index is 1.82. The van der Waals surface area contributed by atoms with E-state index < -0.39 is 0 Å². The number of ether oxygens (including phenoxy) is 1. The molecule has 1 fully saturated rings. The summed E-state index contributed by atoms with van der Waals surface area (Å²) >= 11 is 0. The Morgan fingerprint density at radius 3 is 2.68 bits per heavy atom. The van der Waals surface area contributed by atoms with Crippen molar-refractivity contribution in [2.24, 2.45) is 0 Å². The predicted molar refractivity (Wildman–Crippen MR) is 94.1 cm³/mol. The van der Waals surface area contributed by atoms with Crippen molar-refractivity contribution < 1.29 is 9.13 Å². The first kappa shape index (κ1) is 15.8. The van der Waals surface area contributed by atoms with Crippen LogP contribution in [0.3, 0.4) is 0 Å². The van der Waals surface area contributed by atoms with Gasteiger partial charge in [-0.05, 0) is 61.2 Å². The van der Waals surface area contributed by atoms with Crippen molar-refractivity contribution in [2.75, 3.05) is 12.3 Å². The van der Waals surface area contributed by atoms with Crippen LogP contribution in [0.25, 0.3) is 22.4 Å². The standard InChI is InChI=1S/C19H19FN4O/c20-15-6-4-13(5-7-15)19-16(14-8-9-22-17(21)11-14)12-24(23-19)18-3-1-2-10-25-18/h4-9,11-12,18H,1-3,10H2,(H2,21,22). The average molecular weight is 338 g/mol. The fourth-order valence-electron chi connectivity index (χ4n) is 3.12. The molecule has 0 aliphatic carbocycles. The zero-order valence-electron chi connectivity index (χ0n) is 13.7. The molecule has 128 valence electrons. The summed E-state index contributed by atoms with van der Waals surface area (Å²) in [5, 5.41) is 4.75. The minimum Gasteiger partial charge on any atom is -0.384 e. The Morgan fingerprint density at radius 1 is 1.12 bits per heavy atom. The second kappa shape index (κ2) is 6.64. The molecule has 2 aromatic heterocycles. The Hall–Kier alpha value is -2.73. The van der Waals surface area contributed by atoms with E-state index >= 15 is 0 Å². The van der Waals surface area contributed by atoms with Crippen molar-refractivity contribution >= 4 is 5.82 Å². The lowest BCUT2D eigenvalue weighted by Gasteiger charge is -2.22. The normalized spacial score (nSPS) is 17.6. The van der Waals surface area contributed by atoms with Crippen LogP contribution in [0.4, 0.5) is 10.2 Å². The molecule has 1 aromatic carbocycles. The van der Waals surface area contributed by atoms with Gasteiger partial charge in [0.15, 0.2) is 0 Å². The molecule has 5 nitrogen and oxygen atoms in total. The SMILES string of the molecule is Nc1cc(-c2cn(C3CCCCO3)nc2-c2ccc(F)cc2)ccn1. The predicted octanol–water partition coefficient (Wildman–Crippen LogP) is 4.03. The number of nitrogen functional groups attached to an aromatic ring is 1. The molecular formula is C19H19FN4O. The molecule has 3 aromatic rings. The largest absolute Gasteiger partial charge is 0.384 e. The van der Waals surface area contributed by atoms with Crippen LogP contribution in [-0.2, 0) is 4.74 Å². The van der Waals surface area contributed by atoms with Gasteiger partial charge in [0.2, 0.25) is 0 Å². The lowest BCUT2D eigenvalue weighted by atomic mass is 10.0. The monoisotopic (exact) mass is 338 g/mol. The van der Waals surface area contributed by atoms with E-state index in [9.17, 15) is 4.39 Å². The molecule has 0 bridgehead atoms. The van der Waals surface area contributed by atoms with Crippen LogP contribution in [0.5, 0.6) is 0 Å². The van der Waals surface area contributed by atoms with Gasteiger partial charge in [0.1, 0.15) is 23.6 Å². The highest BCUT2D eigenvalue weighted by Crippen LogP contribution is 2.34. The van der Waals surface area contributed by atoms with E-state index in [0.717, 1.165) is 48.3 Å². The summed E-state index contributed by atoms with van der Waals surface area (Å²) < 4.78 is 21.0. The summed E-state index contributed by atoms with van der Waals surface area (Å²) in [6.45, 7) is 0.744. The highest BCUT2D eigenvalue weighted by molar-refractivity contribution is 5.81. The second-order valence-electron chi connectivity index (χ2n) is 6.17. The van der Waals surface area contributed by atoms with Crippen LogP contribution < -0.4 is 5.73 Å². The quantitative estimate of drug-likeness (QED) is 0.783. The maximum atomic E-state index is 13.3. The highest BCUT2D eigenvalue weighted by atomic mass is 19.1. The fourth-order valence-corrected chi connectivity index (χ4v) is 3.12. The molecule has 0 spiro atoms. The van der Waals surface area contributed by atoms with E-state index in [1.54, 1.807) is 18.3 Å². The summed E-state index contributed by atoms with van der Waals surface area (Å²) in [6, 6.07) is 10.1. The van der Waals surface area contributed by atoms with Gasteiger partial charge < -0.3 is 10.5 Å². The van der Waals surface area contributed by atoms with E-state index in [1.165, 1.54) is 12.1 Å². The number of halogens is 1. The van der Waals surface area contributed by atoms with E-state index in [0.29, 0.717) is 5.82 Å². The zero-order valence-corrected chi connectivity index (χ0v) is 13.7. The Morgan fingerprint density at radius 2 is 1.96 bits per heavy atom. The number of nitrogens with two attached hydrogens (primary N) is 1. The van der Waals surface area contributed by atoms with Crippen molar-refractivity contribution in [1.29, 1.82) is 0 Å². The number of rotatable bonds is 3. The zero-order chi connectivity index (χ0) is 17.2. The lowest BCUT2D eigenvalue weighted by Crippen LogP contribution is -2.18. The third-order valence-corrected chi connectivity index (χ3v) is 4.39. The van der Waals surface area contributed by atoms with E-state index in [4.69, 9.17) is 15.6 Å². The number of hydrogen-bond donors (Lipinski definition) is 1. The molecular weight excluding hydrogens is 319 g/mol. The van der Waals surface area contributed by atoms with Gasteiger partial charge in [-0.15, -0.1) is 0 Å². The molecule has 0 saturated carbocycles. The molecule has 3 heterocycles. The van der Waals surface area contributed by atoms with E-state index in [2.05, 4.69) is 4.98 Å². The molecule has 1 aliphatic heterocycles. The molecule has 2 N–H and O–H groups in total. The van der Waals surface area contributed by atoms with Crippen LogP contribution in [0.15, 0.2) is 48.8 Å². The van der Waals surface area contributed by atoms with E-state index in [-0.39, 0.29) is 12.0 Å². The fraction of sp³-hybridized carbons (Fsp3) is 0.263. The van der Waals surface area contributed by atoms with Crippen LogP contribution >= 0.6 is 0 Å². The Labute approximate surface area is 145 Å². The maximum absolute atomic E-state index is 13.3. The molecule has 6 heteroatoms. The number of hydrogen-bond acceptors (Lipinski definition) is 4. The minimum absolute atomic E-state index is 0.0686. The molecule has 25 heavy (non-hydrogen) atoms. The molecule has 1 saturated heterocycles. The van der Waals surface area contributed by atoms with Gasteiger partial charge in [-0.3, -0.25) is 0 Å². The topological polar surface area (TPSA) is 66.0 Å². The van der Waals surface area contributed by atoms with E-state index in [1.807, 2.05) is 23.0 Å². The van der Waals surface area contributed by atoms with Crippen LogP contribution in [0.2, 0.25) is 0 Å². The van der Waals surface area contributed by atoms with Gasteiger partial charge in [0.25, 0.3) is 0 Å². The summed E-state index contributed by atoms with van der Waals surface area (Å²) in [7, 11) is 0. The van der Waals surface area contributed by atoms with Gasteiger partial charge in [-0.2, -0.15) is 5.10 Å². The van der Waals surface area contributed by atoms with Crippen molar-refractivity contribution in [3.05, 3.63) is 54.6 Å². The van der Waals surface area contributed by atoms with Gasteiger partial charge in [-0.1, -0.05) is 0 Å². The Kier molecular flexibility index (Phi) is 4.19. The minimum atomic E-state index is -0.270. The highest BCUT2D eigenvalue weighted by Gasteiger charge is 2.21. The Bertz CT molecular complexity index is 869. The summed E-state index contributed by atoms with van der Waals surface area (Å²) in [6.07, 6.45) is 6.71. The van der Waals surface area contributed by atoms with Gasteiger partial charge in [0, 0.05) is 30.1 Å². The average Bonchev–Trinajstić information content (AvgIpc) is 3.08. The molecule has 1 atom stereocenters. The van der Waals surface area contributed by atoms with Gasteiger partial charge in [0.05, 0.1) is 0 Å². The number of benzene rings is 1. The van der Waals surface area contributed by atoms with Crippen LogP contribution in [0.1, 0.15) is 25.5 Å². The first-order chi connectivity index (χ1) is 12.2. The van der Waals surface area contributed by atoms with Crippen molar-refractivity contribution in [3.8, 4) is 22.4 Å². The summed E-state index contributed by atoms with van der Waals surface area (Å²) in [5.74, 6) is 0.178.